The Morgan fingerprint density at radius 2 is 2.38 bits per heavy atom. The van der Waals surface area contributed by atoms with Crippen LogP contribution in [0.5, 0.6) is 0 Å². The Morgan fingerprint density at radius 3 is 3.06 bits per heavy atom. The van der Waals surface area contributed by atoms with E-state index < -0.39 is 0 Å². The molecule has 0 fully saturated rings. The molecule has 0 unspecified atom stereocenters. The zero-order chi connectivity index (χ0) is 11.4. The summed E-state index contributed by atoms with van der Waals surface area (Å²) in [7, 11) is 0. The number of nitrogens with zero attached hydrogens (tertiary/aromatic N) is 2. The van der Waals surface area contributed by atoms with Crippen molar-refractivity contribution in [1.29, 1.82) is 0 Å². The van der Waals surface area contributed by atoms with Crippen LogP contribution in [0.1, 0.15) is 12.8 Å². The van der Waals surface area contributed by atoms with E-state index in [2.05, 4.69) is 38.4 Å². The molecular formula is C10H12BrN3OS. The van der Waals surface area contributed by atoms with Crippen LogP contribution in [0.4, 0.5) is 0 Å². The molecular weight excluding hydrogens is 290 g/mol. The molecule has 0 aliphatic carbocycles. The second-order valence-electron chi connectivity index (χ2n) is 3.24. The first-order valence-electron chi connectivity index (χ1n) is 5.07. The van der Waals surface area contributed by atoms with Gasteiger partial charge in [0.05, 0.1) is 9.35 Å². The molecule has 0 atom stereocenters. The van der Waals surface area contributed by atoms with Crippen molar-refractivity contribution in [3.05, 3.63) is 21.1 Å². The standard InChI is InChI=1S/C10H12BrN3OS/c1-2-12-4-3-9-13-14-10(15-9)7-5-8(11)16-6-7/h5-6,12H,2-4H2,1H3. The van der Waals surface area contributed by atoms with E-state index in [0.29, 0.717) is 11.8 Å². The highest BCUT2D eigenvalue weighted by Gasteiger charge is 2.09. The van der Waals surface area contributed by atoms with Crippen molar-refractivity contribution >= 4 is 27.3 Å². The fraction of sp³-hybridized carbons (Fsp3) is 0.400. The van der Waals surface area contributed by atoms with Crippen molar-refractivity contribution in [2.45, 2.75) is 13.3 Å². The van der Waals surface area contributed by atoms with Gasteiger partial charge in [-0.25, -0.2) is 0 Å². The van der Waals surface area contributed by atoms with E-state index in [1.165, 1.54) is 0 Å². The van der Waals surface area contributed by atoms with Gasteiger partial charge in [-0.1, -0.05) is 6.92 Å². The minimum Gasteiger partial charge on any atom is -0.421 e. The first-order valence-corrected chi connectivity index (χ1v) is 6.74. The third kappa shape index (κ3) is 2.90. The molecule has 16 heavy (non-hydrogen) atoms. The third-order valence-corrected chi connectivity index (χ3v) is 3.55. The third-order valence-electron chi connectivity index (χ3n) is 2.05. The van der Waals surface area contributed by atoms with Crippen molar-refractivity contribution in [3.63, 3.8) is 0 Å². The van der Waals surface area contributed by atoms with Gasteiger partial charge in [0.2, 0.25) is 11.8 Å². The summed E-state index contributed by atoms with van der Waals surface area (Å²) < 4.78 is 6.62. The minimum atomic E-state index is 0.591. The van der Waals surface area contributed by atoms with Gasteiger partial charge in [0, 0.05) is 18.3 Å². The molecule has 0 aromatic carbocycles. The lowest BCUT2D eigenvalue weighted by atomic mass is 10.3. The SMILES string of the molecule is CCNCCc1nnc(-c2csc(Br)c2)o1. The molecule has 0 saturated carbocycles. The quantitative estimate of drug-likeness (QED) is 0.863. The maximum atomic E-state index is 5.55. The highest BCUT2D eigenvalue weighted by Crippen LogP contribution is 2.27. The molecule has 2 aromatic heterocycles. The zero-order valence-electron chi connectivity index (χ0n) is 8.86. The summed E-state index contributed by atoms with van der Waals surface area (Å²) in [6.07, 6.45) is 0.770. The Morgan fingerprint density at radius 1 is 1.50 bits per heavy atom. The van der Waals surface area contributed by atoms with E-state index in [1.807, 2.05) is 11.4 Å². The van der Waals surface area contributed by atoms with Gasteiger partial charge in [-0.3, -0.25) is 0 Å². The van der Waals surface area contributed by atoms with Crippen molar-refractivity contribution in [2.24, 2.45) is 0 Å². The molecule has 4 nitrogen and oxygen atoms in total. The number of aromatic nitrogens is 2. The lowest BCUT2D eigenvalue weighted by molar-refractivity contribution is 0.496. The van der Waals surface area contributed by atoms with Gasteiger partial charge in [0.15, 0.2) is 0 Å². The molecule has 1 N–H and O–H groups in total. The van der Waals surface area contributed by atoms with Crippen LogP contribution >= 0.6 is 27.3 Å². The van der Waals surface area contributed by atoms with Crippen molar-refractivity contribution < 1.29 is 4.42 Å². The normalized spacial score (nSPS) is 10.9. The Hall–Kier alpha value is -0.720. The van der Waals surface area contributed by atoms with Crippen LogP contribution in [0.25, 0.3) is 11.5 Å². The Bertz CT molecular complexity index is 454. The molecule has 2 aromatic rings. The summed E-state index contributed by atoms with van der Waals surface area (Å²) in [5.41, 5.74) is 0.971. The number of likely N-dealkylation sites (N-methyl/N-ethyl adjacent to an activating group) is 1. The summed E-state index contributed by atoms with van der Waals surface area (Å²) >= 11 is 5.01. The highest BCUT2D eigenvalue weighted by atomic mass is 79.9. The van der Waals surface area contributed by atoms with E-state index in [9.17, 15) is 0 Å². The number of hydrogen-bond donors (Lipinski definition) is 1. The van der Waals surface area contributed by atoms with Crippen LogP contribution in [0.15, 0.2) is 19.6 Å². The Labute approximate surface area is 106 Å². The van der Waals surface area contributed by atoms with Crippen molar-refractivity contribution in [3.8, 4) is 11.5 Å². The number of halogens is 1. The second kappa shape index (κ2) is 5.56. The smallest absolute Gasteiger partial charge is 0.248 e. The molecule has 2 rings (SSSR count). The highest BCUT2D eigenvalue weighted by molar-refractivity contribution is 9.11. The first kappa shape index (κ1) is 11.8. The summed E-state index contributed by atoms with van der Waals surface area (Å²) in [6, 6.07) is 1.98. The lowest BCUT2D eigenvalue weighted by Gasteiger charge is -1.95. The van der Waals surface area contributed by atoms with Crippen LogP contribution in [0.3, 0.4) is 0 Å². The molecule has 0 radical (unpaired) electrons. The summed E-state index contributed by atoms with van der Waals surface area (Å²) in [5, 5.41) is 13.2. The predicted octanol–water partition coefficient (Wildman–Crippen LogP) is 2.71. The molecule has 0 amide bonds. The average molecular weight is 302 g/mol. The number of nitrogens with one attached hydrogen (secondary N) is 1. The van der Waals surface area contributed by atoms with E-state index >= 15 is 0 Å². The lowest BCUT2D eigenvalue weighted by Crippen LogP contribution is -2.16. The van der Waals surface area contributed by atoms with Crippen LogP contribution in [0.2, 0.25) is 0 Å². The maximum Gasteiger partial charge on any atom is 0.248 e. The molecule has 0 bridgehead atoms. The molecule has 0 aliphatic heterocycles. The number of rotatable bonds is 5. The summed E-state index contributed by atoms with van der Waals surface area (Å²) in [4.78, 5) is 0. The van der Waals surface area contributed by atoms with Gasteiger partial charge in [-0.2, -0.15) is 0 Å². The molecule has 2 heterocycles. The first-order chi connectivity index (χ1) is 7.79. The average Bonchev–Trinajstić information content (AvgIpc) is 2.87. The van der Waals surface area contributed by atoms with E-state index in [4.69, 9.17) is 4.42 Å². The van der Waals surface area contributed by atoms with Gasteiger partial charge in [0.25, 0.3) is 0 Å². The van der Waals surface area contributed by atoms with Crippen LogP contribution in [-0.4, -0.2) is 23.3 Å². The van der Waals surface area contributed by atoms with Gasteiger partial charge < -0.3 is 9.73 Å². The molecule has 0 spiro atoms. The van der Waals surface area contributed by atoms with Crippen LogP contribution in [-0.2, 0) is 6.42 Å². The van der Waals surface area contributed by atoms with E-state index in [1.54, 1.807) is 11.3 Å². The van der Waals surface area contributed by atoms with Gasteiger partial charge in [-0.05, 0) is 28.5 Å². The maximum absolute atomic E-state index is 5.55. The fourth-order valence-corrected chi connectivity index (χ4v) is 2.40. The fourth-order valence-electron chi connectivity index (χ4n) is 1.27. The van der Waals surface area contributed by atoms with Crippen molar-refractivity contribution in [2.75, 3.05) is 13.1 Å². The molecule has 0 aliphatic rings. The summed E-state index contributed by atoms with van der Waals surface area (Å²) in [6.45, 7) is 3.89. The van der Waals surface area contributed by atoms with E-state index in [-0.39, 0.29) is 0 Å². The number of thiophene rings is 1. The van der Waals surface area contributed by atoms with Crippen LogP contribution in [0, 0.1) is 0 Å². The Balaban J connectivity index is 2.02. The van der Waals surface area contributed by atoms with Gasteiger partial charge >= 0.3 is 0 Å². The minimum absolute atomic E-state index is 0.591. The monoisotopic (exact) mass is 301 g/mol. The summed E-state index contributed by atoms with van der Waals surface area (Å²) in [5.74, 6) is 1.27. The Kier molecular flexibility index (Phi) is 4.09. The van der Waals surface area contributed by atoms with E-state index in [0.717, 1.165) is 28.9 Å². The molecule has 86 valence electrons. The van der Waals surface area contributed by atoms with Gasteiger partial charge in [0.1, 0.15) is 0 Å². The van der Waals surface area contributed by atoms with Gasteiger partial charge in [-0.15, -0.1) is 21.5 Å². The molecule has 6 heteroatoms. The zero-order valence-corrected chi connectivity index (χ0v) is 11.3. The largest absolute Gasteiger partial charge is 0.421 e. The topological polar surface area (TPSA) is 51.0 Å². The van der Waals surface area contributed by atoms with Crippen LogP contribution < -0.4 is 5.32 Å². The predicted molar refractivity (Wildman–Crippen MR) is 67.6 cm³/mol. The second-order valence-corrected chi connectivity index (χ2v) is 5.53. The number of hydrogen-bond acceptors (Lipinski definition) is 5. The molecule has 0 saturated heterocycles. The van der Waals surface area contributed by atoms with Crippen molar-refractivity contribution in [1.82, 2.24) is 15.5 Å².